The highest BCUT2D eigenvalue weighted by molar-refractivity contribution is 5.99. The minimum absolute atomic E-state index is 0.0957. The van der Waals surface area contributed by atoms with Crippen molar-refractivity contribution in [3.05, 3.63) is 35.9 Å². The third-order valence-electron chi connectivity index (χ3n) is 6.21. The van der Waals surface area contributed by atoms with E-state index in [0.29, 0.717) is 17.9 Å². The van der Waals surface area contributed by atoms with Gasteiger partial charge >= 0.3 is 0 Å². The monoisotopic (exact) mass is 311 g/mol. The molecule has 1 aromatic carbocycles. The summed E-state index contributed by atoms with van der Waals surface area (Å²) in [6.07, 6.45) is 4.94. The normalized spacial score (nSPS) is 31.4. The number of nitrogens with zero attached hydrogens (tertiary/aromatic N) is 1. The maximum atomic E-state index is 12.1. The third kappa shape index (κ3) is 2.27. The van der Waals surface area contributed by atoms with Gasteiger partial charge in [0.05, 0.1) is 11.4 Å². The van der Waals surface area contributed by atoms with Gasteiger partial charge in [-0.15, -0.1) is 0 Å². The van der Waals surface area contributed by atoms with Crippen LogP contribution in [0.1, 0.15) is 26.7 Å². The molecule has 1 unspecified atom stereocenters. The first-order valence-electron chi connectivity index (χ1n) is 8.56. The Kier molecular flexibility index (Phi) is 3.27. The number of nitrogens with two attached hydrogens (primary N) is 1. The van der Waals surface area contributed by atoms with Crippen molar-refractivity contribution in [2.24, 2.45) is 23.0 Å². The van der Waals surface area contributed by atoms with Crippen LogP contribution >= 0.6 is 0 Å². The number of anilines is 2. The van der Waals surface area contributed by atoms with E-state index in [-0.39, 0.29) is 5.91 Å². The van der Waals surface area contributed by atoms with E-state index >= 15 is 0 Å². The summed E-state index contributed by atoms with van der Waals surface area (Å²) in [7, 11) is 0. The van der Waals surface area contributed by atoms with Gasteiger partial charge in [-0.1, -0.05) is 37.6 Å². The molecule has 3 N–H and O–H groups in total. The molecule has 0 spiro atoms. The fourth-order valence-corrected chi connectivity index (χ4v) is 4.53. The zero-order valence-electron chi connectivity index (χ0n) is 13.9. The molecular weight excluding hydrogens is 286 g/mol. The largest absolute Gasteiger partial charge is 0.364 e. The van der Waals surface area contributed by atoms with Crippen molar-refractivity contribution >= 4 is 17.3 Å². The molecule has 1 saturated carbocycles. The number of rotatable bonds is 2. The van der Waals surface area contributed by atoms with E-state index in [1.807, 2.05) is 18.2 Å². The standard InChI is InChI=1S/C19H25N3O/c1-19(2)13-8-7-12(14(19)9-13)10-22-11-15(20)18(23)21-16-5-3-4-6-17(16)22/h3-7,13-15H,8-11,20H2,1-2H3,(H,21,23)/t13?,14-,15-/m1/s1. The van der Waals surface area contributed by atoms with Crippen LogP contribution in [0.2, 0.25) is 0 Å². The highest BCUT2D eigenvalue weighted by atomic mass is 16.2. The minimum Gasteiger partial charge on any atom is -0.364 e. The zero-order valence-corrected chi connectivity index (χ0v) is 13.9. The molecule has 3 atom stereocenters. The van der Waals surface area contributed by atoms with Crippen molar-refractivity contribution in [1.29, 1.82) is 0 Å². The summed E-state index contributed by atoms with van der Waals surface area (Å²) >= 11 is 0. The van der Waals surface area contributed by atoms with E-state index < -0.39 is 6.04 Å². The third-order valence-corrected chi connectivity index (χ3v) is 6.21. The second-order valence-electron chi connectivity index (χ2n) is 7.81. The van der Waals surface area contributed by atoms with Gasteiger partial charge < -0.3 is 16.0 Å². The van der Waals surface area contributed by atoms with Gasteiger partial charge in [0, 0.05) is 13.1 Å². The van der Waals surface area contributed by atoms with Gasteiger partial charge in [0.15, 0.2) is 0 Å². The van der Waals surface area contributed by atoms with Crippen LogP contribution in [0.3, 0.4) is 0 Å². The molecule has 1 aromatic rings. The molecule has 0 saturated heterocycles. The number of para-hydroxylation sites is 2. The Bertz CT molecular complexity index is 679. The van der Waals surface area contributed by atoms with Gasteiger partial charge in [-0.3, -0.25) is 4.79 Å². The van der Waals surface area contributed by atoms with Crippen molar-refractivity contribution in [2.75, 3.05) is 23.3 Å². The SMILES string of the molecule is CC1(C)C2CC=C(CN3C[C@@H](N)C(=O)Nc4ccccc43)[C@H]1C2. The maximum Gasteiger partial charge on any atom is 0.243 e. The van der Waals surface area contributed by atoms with E-state index in [2.05, 4.69) is 36.2 Å². The highest BCUT2D eigenvalue weighted by Crippen LogP contribution is 2.59. The number of amides is 1. The van der Waals surface area contributed by atoms with Gasteiger partial charge in [0.1, 0.15) is 6.04 Å². The molecule has 5 rings (SSSR count). The lowest BCUT2D eigenvalue weighted by Crippen LogP contribution is -2.51. The van der Waals surface area contributed by atoms with Crippen molar-refractivity contribution < 1.29 is 4.79 Å². The molecule has 0 radical (unpaired) electrons. The van der Waals surface area contributed by atoms with Crippen LogP contribution in [0, 0.1) is 17.3 Å². The van der Waals surface area contributed by atoms with Crippen molar-refractivity contribution in [2.45, 2.75) is 32.7 Å². The maximum absolute atomic E-state index is 12.1. The van der Waals surface area contributed by atoms with E-state index in [0.717, 1.165) is 23.8 Å². The number of hydrogen-bond donors (Lipinski definition) is 2. The second-order valence-corrected chi connectivity index (χ2v) is 7.81. The molecule has 0 aromatic heterocycles. The number of allylic oxidation sites excluding steroid dienone is 1. The highest BCUT2D eigenvalue weighted by Gasteiger charge is 2.51. The van der Waals surface area contributed by atoms with Gasteiger partial charge in [-0.25, -0.2) is 0 Å². The molecule has 122 valence electrons. The first-order valence-corrected chi connectivity index (χ1v) is 8.56. The van der Waals surface area contributed by atoms with Crippen molar-refractivity contribution in [3.8, 4) is 0 Å². The van der Waals surface area contributed by atoms with Gasteiger partial charge in [-0.2, -0.15) is 0 Å². The summed E-state index contributed by atoms with van der Waals surface area (Å²) in [4.78, 5) is 14.4. The molecular formula is C19H25N3O. The lowest BCUT2D eigenvalue weighted by Gasteiger charge is -2.57. The Hall–Kier alpha value is -1.81. The molecule has 1 amide bonds. The van der Waals surface area contributed by atoms with E-state index in [1.54, 1.807) is 0 Å². The smallest absolute Gasteiger partial charge is 0.243 e. The van der Waals surface area contributed by atoms with E-state index in [1.165, 1.54) is 18.4 Å². The average Bonchev–Trinajstić information content (AvgIpc) is 2.65. The zero-order chi connectivity index (χ0) is 16.2. The number of fused-ring (bicyclic) bond motifs is 2. The fraction of sp³-hybridized carbons (Fsp3) is 0.526. The predicted octanol–water partition coefficient (Wildman–Crippen LogP) is 2.76. The van der Waals surface area contributed by atoms with Gasteiger partial charge in [0.25, 0.3) is 0 Å². The Morgan fingerprint density at radius 3 is 2.87 bits per heavy atom. The van der Waals surface area contributed by atoms with Crippen LogP contribution in [0.4, 0.5) is 11.4 Å². The summed E-state index contributed by atoms with van der Waals surface area (Å²) in [6, 6.07) is 7.51. The first kappa shape index (κ1) is 14.8. The number of nitrogens with one attached hydrogen (secondary N) is 1. The molecule has 4 aliphatic rings. The predicted molar refractivity (Wildman–Crippen MR) is 93.3 cm³/mol. The quantitative estimate of drug-likeness (QED) is 0.826. The van der Waals surface area contributed by atoms with Crippen LogP contribution in [0.25, 0.3) is 0 Å². The van der Waals surface area contributed by atoms with Gasteiger partial charge in [0.2, 0.25) is 5.91 Å². The molecule has 3 aliphatic carbocycles. The van der Waals surface area contributed by atoms with Gasteiger partial charge in [-0.05, 0) is 42.2 Å². The number of benzene rings is 1. The van der Waals surface area contributed by atoms with Crippen LogP contribution in [-0.4, -0.2) is 25.0 Å². The molecule has 4 heteroatoms. The average molecular weight is 311 g/mol. The number of carbonyl (C=O) groups excluding carboxylic acids is 1. The summed E-state index contributed by atoms with van der Waals surface area (Å²) in [5.41, 5.74) is 9.97. The van der Waals surface area contributed by atoms with E-state index in [9.17, 15) is 4.79 Å². The molecule has 23 heavy (non-hydrogen) atoms. The molecule has 2 bridgehead atoms. The van der Waals surface area contributed by atoms with Crippen LogP contribution in [0.5, 0.6) is 0 Å². The minimum atomic E-state index is -0.492. The van der Waals surface area contributed by atoms with E-state index in [4.69, 9.17) is 5.73 Å². The first-order chi connectivity index (χ1) is 11.0. The fourth-order valence-electron chi connectivity index (χ4n) is 4.53. The Labute approximate surface area is 137 Å². The Balaban J connectivity index is 1.63. The lowest BCUT2D eigenvalue weighted by atomic mass is 9.49. The summed E-state index contributed by atoms with van der Waals surface area (Å²) in [6.45, 7) is 6.23. The number of carbonyl (C=O) groups is 1. The second kappa shape index (κ2) is 5.10. The Morgan fingerprint density at radius 2 is 2.13 bits per heavy atom. The lowest BCUT2D eigenvalue weighted by molar-refractivity contribution is -0.117. The van der Waals surface area contributed by atoms with Crippen LogP contribution in [-0.2, 0) is 4.79 Å². The topological polar surface area (TPSA) is 58.4 Å². The number of hydrogen-bond acceptors (Lipinski definition) is 3. The molecule has 4 nitrogen and oxygen atoms in total. The van der Waals surface area contributed by atoms with Crippen molar-refractivity contribution in [3.63, 3.8) is 0 Å². The summed E-state index contributed by atoms with van der Waals surface area (Å²) < 4.78 is 0. The van der Waals surface area contributed by atoms with Crippen molar-refractivity contribution in [1.82, 2.24) is 0 Å². The Morgan fingerprint density at radius 1 is 1.35 bits per heavy atom. The van der Waals surface area contributed by atoms with Crippen LogP contribution in [0.15, 0.2) is 35.9 Å². The van der Waals surface area contributed by atoms with Crippen LogP contribution < -0.4 is 16.0 Å². The molecule has 1 heterocycles. The molecule has 1 aliphatic heterocycles. The molecule has 1 fully saturated rings. The summed E-state index contributed by atoms with van der Waals surface area (Å²) in [5, 5.41) is 2.95. The summed E-state index contributed by atoms with van der Waals surface area (Å²) in [5.74, 6) is 1.43.